The number of rotatable bonds is 3. The summed E-state index contributed by atoms with van der Waals surface area (Å²) in [6.45, 7) is 0. The molecule has 0 fully saturated rings. The number of sulfonamides is 1. The van der Waals surface area contributed by atoms with E-state index >= 15 is 0 Å². The Labute approximate surface area is 101 Å². The number of hydrogen-bond acceptors (Lipinski definition) is 5. The van der Waals surface area contributed by atoms with Crippen molar-refractivity contribution < 1.29 is 16.8 Å². The van der Waals surface area contributed by atoms with Gasteiger partial charge in [-0.2, -0.15) is 0 Å². The van der Waals surface area contributed by atoms with Crippen LogP contribution in [0, 0.1) is 0 Å². The summed E-state index contributed by atoms with van der Waals surface area (Å²) in [4.78, 5) is -0.109. The lowest BCUT2D eigenvalue weighted by Gasteiger charge is -2.12. The third-order valence-electron chi connectivity index (χ3n) is 2.16. The van der Waals surface area contributed by atoms with Gasteiger partial charge in [-0.25, -0.2) is 21.1 Å². The number of nitrogens with zero attached hydrogens (tertiary/aromatic N) is 1. The number of nitrogen functional groups attached to an aromatic ring is 1. The van der Waals surface area contributed by atoms with Crippen LogP contribution in [-0.2, 0) is 19.9 Å². The van der Waals surface area contributed by atoms with Crippen LogP contribution in [0.5, 0.6) is 0 Å². The van der Waals surface area contributed by atoms with Gasteiger partial charge in [0.05, 0.1) is 15.5 Å². The molecule has 1 rings (SSSR count). The average molecular weight is 278 g/mol. The van der Waals surface area contributed by atoms with Gasteiger partial charge in [-0.1, -0.05) is 0 Å². The summed E-state index contributed by atoms with van der Waals surface area (Å²) in [5.74, 6) is 0. The molecule has 0 heterocycles. The number of benzene rings is 1. The predicted octanol–water partition coefficient (Wildman–Crippen LogP) is -0.0774. The molecule has 0 aliphatic heterocycles. The highest BCUT2D eigenvalue weighted by Crippen LogP contribution is 2.23. The summed E-state index contributed by atoms with van der Waals surface area (Å²) in [7, 11) is -4.28. The zero-order valence-corrected chi connectivity index (χ0v) is 11.3. The van der Waals surface area contributed by atoms with Crippen LogP contribution in [0.1, 0.15) is 0 Å². The molecule has 1 aromatic rings. The fourth-order valence-electron chi connectivity index (χ4n) is 1.24. The molecular formula is C9H14N2O4S2. The topological polar surface area (TPSA) is 97.5 Å². The van der Waals surface area contributed by atoms with E-state index in [1.807, 2.05) is 0 Å². The number of sulfone groups is 1. The second kappa shape index (κ2) is 4.28. The number of nitrogens with two attached hydrogens (primary N) is 1. The van der Waals surface area contributed by atoms with Crippen LogP contribution in [0.3, 0.4) is 0 Å². The van der Waals surface area contributed by atoms with E-state index in [9.17, 15) is 16.8 Å². The highest BCUT2D eigenvalue weighted by atomic mass is 32.2. The zero-order valence-electron chi connectivity index (χ0n) is 9.71. The van der Waals surface area contributed by atoms with Gasteiger partial charge in [-0.15, -0.1) is 0 Å². The van der Waals surface area contributed by atoms with E-state index in [0.29, 0.717) is 0 Å². The molecule has 0 saturated heterocycles. The van der Waals surface area contributed by atoms with Crippen molar-refractivity contribution in [1.29, 1.82) is 0 Å². The van der Waals surface area contributed by atoms with Gasteiger partial charge in [0.25, 0.3) is 0 Å². The fourth-order valence-corrected chi connectivity index (χ4v) is 2.98. The van der Waals surface area contributed by atoms with E-state index in [2.05, 4.69) is 0 Å². The van der Waals surface area contributed by atoms with Crippen molar-refractivity contribution in [2.75, 3.05) is 26.1 Å². The smallest absolute Gasteiger partial charge is 0.242 e. The third-order valence-corrected chi connectivity index (χ3v) is 5.14. The van der Waals surface area contributed by atoms with E-state index in [4.69, 9.17) is 5.73 Å². The Bertz CT molecular complexity index is 633. The van der Waals surface area contributed by atoms with Crippen molar-refractivity contribution in [3.63, 3.8) is 0 Å². The molecule has 0 aliphatic carbocycles. The average Bonchev–Trinajstić information content (AvgIpc) is 2.15. The molecule has 96 valence electrons. The first-order chi connectivity index (χ1) is 7.56. The van der Waals surface area contributed by atoms with Crippen molar-refractivity contribution in [2.24, 2.45) is 0 Å². The van der Waals surface area contributed by atoms with Gasteiger partial charge in [0.2, 0.25) is 10.0 Å². The second-order valence-corrected chi connectivity index (χ2v) is 7.90. The first-order valence-corrected chi connectivity index (χ1v) is 7.92. The quantitative estimate of drug-likeness (QED) is 0.780. The van der Waals surface area contributed by atoms with Gasteiger partial charge in [-0.05, 0) is 18.2 Å². The summed E-state index contributed by atoms with van der Waals surface area (Å²) in [5.41, 5.74) is 5.47. The van der Waals surface area contributed by atoms with Crippen molar-refractivity contribution in [2.45, 2.75) is 9.79 Å². The Morgan fingerprint density at radius 2 is 1.65 bits per heavy atom. The summed E-state index contributed by atoms with van der Waals surface area (Å²) in [5, 5.41) is 0. The molecule has 0 radical (unpaired) electrons. The van der Waals surface area contributed by atoms with Gasteiger partial charge in [-0.3, -0.25) is 0 Å². The van der Waals surface area contributed by atoms with Crippen molar-refractivity contribution in [3.8, 4) is 0 Å². The highest BCUT2D eigenvalue weighted by molar-refractivity contribution is 7.91. The lowest BCUT2D eigenvalue weighted by atomic mass is 10.3. The van der Waals surface area contributed by atoms with Crippen LogP contribution in [-0.4, -0.2) is 41.5 Å². The summed E-state index contributed by atoms with van der Waals surface area (Å²) in [6, 6.07) is 3.56. The number of anilines is 1. The molecule has 1 aromatic carbocycles. The molecule has 0 aromatic heterocycles. The molecule has 8 heteroatoms. The van der Waals surface area contributed by atoms with E-state index in [1.165, 1.54) is 26.2 Å². The molecule has 2 N–H and O–H groups in total. The fraction of sp³-hybridized carbons (Fsp3) is 0.333. The lowest BCUT2D eigenvalue weighted by molar-refractivity contribution is 0.520. The zero-order chi connectivity index (χ0) is 13.4. The molecule has 0 bridgehead atoms. The molecule has 17 heavy (non-hydrogen) atoms. The molecule has 6 nitrogen and oxygen atoms in total. The second-order valence-electron chi connectivity index (χ2n) is 3.76. The van der Waals surface area contributed by atoms with Crippen molar-refractivity contribution >= 4 is 25.5 Å². The maximum atomic E-state index is 11.8. The minimum absolute atomic E-state index is 0.0348. The van der Waals surface area contributed by atoms with Crippen LogP contribution in [0.2, 0.25) is 0 Å². The van der Waals surface area contributed by atoms with Crippen LogP contribution in [0.15, 0.2) is 28.0 Å². The molecule has 0 aliphatic rings. The van der Waals surface area contributed by atoms with Crippen LogP contribution >= 0.6 is 0 Å². The Balaban J connectivity index is 3.43. The highest BCUT2D eigenvalue weighted by Gasteiger charge is 2.20. The van der Waals surface area contributed by atoms with Gasteiger partial charge in [0.1, 0.15) is 0 Å². The first-order valence-electron chi connectivity index (χ1n) is 4.59. The largest absolute Gasteiger partial charge is 0.398 e. The molecule has 0 atom stereocenters. The normalized spacial score (nSPS) is 12.9. The minimum atomic E-state index is -3.60. The van der Waals surface area contributed by atoms with E-state index in [0.717, 1.165) is 16.6 Å². The standard InChI is InChI=1S/C9H14N2O4S2/c1-11(2)17(14,15)7-4-5-9(8(10)6-7)16(3,12)13/h4-6H,10H2,1-3H3. The SMILES string of the molecule is CN(C)S(=O)(=O)c1ccc(S(C)(=O)=O)c(N)c1. The monoisotopic (exact) mass is 278 g/mol. The summed E-state index contributed by atoms with van der Waals surface area (Å²) < 4.78 is 47.2. The maximum absolute atomic E-state index is 11.8. The molecule has 0 amide bonds. The molecule has 0 saturated carbocycles. The van der Waals surface area contributed by atoms with E-state index in [1.54, 1.807) is 0 Å². The van der Waals surface area contributed by atoms with E-state index in [-0.39, 0.29) is 15.5 Å². The Kier molecular flexibility index (Phi) is 3.51. The van der Waals surface area contributed by atoms with Gasteiger partial charge >= 0.3 is 0 Å². The predicted molar refractivity (Wildman–Crippen MR) is 64.8 cm³/mol. The summed E-state index contributed by atoms with van der Waals surface area (Å²) >= 11 is 0. The van der Waals surface area contributed by atoms with Crippen molar-refractivity contribution in [3.05, 3.63) is 18.2 Å². The van der Waals surface area contributed by atoms with Crippen LogP contribution in [0.25, 0.3) is 0 Å². The molecule has 0 spiro atoms. The van der Waals surface area contributed by atoms with Crippen LogP contribution < -0.4 is 5.73 Å². The van der Waals surface area contributed by atoms with Gasteiger partial charge in [0, 0.05) is 20.4 Å². The lowest BCUT2D eigenvalue weighted by Crippen LogP contribution is -2.22. The van der Waals surface area contributed by atoms with E-state index < -0.39 is 19.9 Å². The maximum Gasteiger partial charge on any atom is 0.242 e. The Hall–Kier alpha value is -1.12. The summed E-state index contributed by atoms with van der Waals surface area (Å²) in [6.07, 6.45) is 1.01. The molecule has 0 unspecified atom stereocenters. The van der Waals surface area contributed by atoms with Gasteiger partial charge < -0.3 is 5.73 Å². The Morgan fingerprint density at radius 1 is 1.12 bits per heavy atom. The molecular weight excluding hydrogens is 264 g/mol. The first kappa shape index (κ1) is 13.9. The van der Waals surface area contributed by atoms with Crippen molar-refractivity contribution in [1.82, 2.24) is 4.31 Å². The third kappa shape index (κ3) is 2.76. The van der Waals surface area contributed by atoms with Gasteiger partial charge in [0.15, 0.2) is 9.84 Å². The minimum Gasteiger partial charge on any atom is -0.398 e. The van der Waals surface area contributed by atoms with Crippen LogP contribution in [0.4, 0.5) is 5.69 Å². The Morgan fingerprint density at radius 3 is 2.00 bits per heavy atom. The number of hydrogen-bond donors (Lipinski definition) is 1.